The smallest absolute Gasteiger partial charge is 0.257 e. The molecule has 0 amide bonds. The number of phenols is 1. The number of rotatable bonds is 7. The number of aromatic hydroxyl groups is 1. The lowest BCUT2D eigenvalue weighted by atomic mass is 10.1. The minimum absolute atomic E-state index is 0.119. The fourth-order valence-corrected chi connectivity index (χ4v) is 2.80. The van der Waals surface area contributed by atoms with Gasteiger partial charge in [0.25, 0.3) is 5.88 Å². The number of nitrogens with zero attached hydrogens (tertiary/aromatic N) is 2. The predicted octanol–water partition coefficient (Wildman–Crippen LogP) is 4.67. The maximum Gasteiger partial charge on any atom is 0.257 e. The second-order valence-corrected chi connectivity index (χ2v) is 5.96. The van der Waals surface area contributed by atoms with Gasteiger partial charge >= 0.3 is 0 Å². The maximum atomic E-state index is 9.55. The number of aryl methyl sites for hydroxylation is 1. The van der Waals surface area contributed by atoms with E-state index in [0.717, 1.165) is 24.1 Å². The van der Waals surface area contributed by atoms with Crippen molar-refractivity contribution in [3.05, 3.63) is 28.9 Å². The van der Waals surface area contributed by atoms with Crippen LogP contribution in [0.25, 0.3) is 11.3 Å². The first-order valence-electron chi connectivity index (χ1n) is 8.24. The van der Waals surface area contributed by atoms with Gasteiger partial charge < -0.3 is 15.2 Å². The highest BCUT2D eigenvalue weighted by Crippen LogP contribution is 2.34. The summed E-state index contributed by atoms with van der Waals surface area (Å²) in [7, 11) is 1.58. The maximum absolute atomic E-state index is 9.55. The van der Waals surface area contributed by atoms with Crippen molar-refractivity contribution in [1.29, 1.82) is 0 Å². The van der Waals surface area contributed by atoms with Gasteiger partial charge in [-0.05, 0) is 37.5 Å². The molecule has 0 aliphatic rings. The van der Waals surface area contributed by atoms with Crippen molar-refractivity contribution in [2.75, 3.05) is 12.4 Å². The Morgan fingerprint density at radius 3 is 2.46 bits per heavy atom. The quantitative estimate of drug-likeness (QED) is 0.760. The molecule has 0 aliphatic heterocycles. The third-order valence-electron chi connectivity index (χ3n) is 4.00. The number of halogens is 1. The fraction of sp³-hybridized carbons (Fsp3) is 0.444. The van der Waals surface area contributed by atoms with E-state index in [9.17, 15) is 5.11 Å². The third kappa shape index (κ3) is 3.90. The molecule has 2 aromatic rings. The van der Waals surface area contributed by atoms with Gasteiger partial charge in [0.05, 0.1) is 23.5 Å². The Balaban J connectivity index is 2.53. The van der Waals surface area contributed by atoms with Gasteiger partial charge in [0, 0.05) is 11.6 Å². The summed E-state index contributed by atoms with van der Waals surface area (Å²) in [6.45, 7) is 6.29. The molecule has 0 spiro atoms. The normalized spacial score (nSPS) is 10.9. The van der Waals surface area contributed by atoms with Crippen molar-refractivity contribution in [2.45, 2.75) is 46.1 Å². The second-order valence-electron chi connectivity index (χ2n) is 5.55. The van der Waals surface area contributed by atoms with Gasteiger partial charge in [-0.25, -0.2) is 9.97 Å². The van der Waals surface area contributed by atoms with Crippen LogP contribution in [0.1, 0.15) is 39.3 Å². The number of hydrogen-bond donors (Lipinski definition) is 2. The zero-order chi connectivity index (χ0) is 17.7. The molecule has 2 rings (SSSR count). The van der Waals surface area contributed by atoms with Crippen LogP contribution < -0.4 is 10.1 Å². The van der Waals surface area contributed by atoms with E-state index in [0.29, 0.717) is 34.9 Å². The molecule has 0 aliphatic carbocycles. The Labute approximate surface area is 148 Å². The SMILES string of the molecule is CCc1nc(NC(CC)CC)c(OC)nc1-c1ccc(O)cc1Cl. The zero-order valence-corrected chi connectivity index (χ0v) is 15.3. The molecule has 0 radical (unpaired) electrons. The van der Waals surface area contributed by atoms with E-state index in [-0.39, 0.29) is 5.75 Å². The van der Waals surface area contributed by atoms with Crippen LogP contribution in [-0.4, -0.2) is 28.2 Å². The first-order valence-corrected chi connectivity index (χ1v) is 8.62. The van der Waals surface area contributed by atoms with Crippen LogP contribution in [0.3, 0.4) is 0 Å². The molecule has 0 saturated heterocycles. The van der Waals surface area contributed by atoms with Crippen molar-refractivity contribution in [3.8, 4) is 22.9 Å². The largest absolute Gasteiger partial charge is 0.508 e. The Hall–Kier alpha value is -2.01. The van der Waals surface area contributed by atoms with E-state index >= 15 is 0 Å². The number of phenolic OH excluding ortho intramolecular Hbond substituents is 1. The molecule has 1 aromatic carbocycles. The Morgan fingerprint density at radius 2 is 1.92 bits per heavy atom. The number of anilines is 1. The molecule has 5 nitrogen and oxygen atoms in total. The minimum atomic E-state index is 0.119. The van der Waals surface area contributed by atoms with Gasteiger partial charge in [-0.15, -0.1) is 0 Å². The topological polar surface area (TPSA) is 67.3 Å². The first kappa shape index (κ1) is 18.3. The monoisotopic (exact) mass is 349 g/mol. The zero-order valence-electron chi connectivity index (χ0n) is 14.6. The standard InChI is InChI=1S/C18H24ClN3O2/c1-5-11(6-2)20-17-18(24-4)22-16(15(7-3)21-17)13-9-8-12(23)10-14(13)19/h8-11,23H,5-7H2,1-4H3,(H,20,21). The van der Waals surface area contributed by atoms with E-state index < -0.39 is 0 Å². The molecular weight excluding hydrogens is 326 g/mol. The highest BCUT2D eigenvalue weighted by atomic mass is 35.5. The molecular formula is C18H24ClN3O2. The average Bonchev–Trinajstić information content (AvgIpc) is 2.59. The Bertz CT molecular complexity index is 703. The highest BCUT2D eigenvalue weighted by molar-refractivity contribution is 6.33. The van der Waals surface area contributed by atoms with Gasteiger partial charge in [0.15, 0.2) is 5.82 Å². The number of hydrogen-bond acceptors (Lipinski definition) is 5. The minimum Gasteiger partial charge on any atom is -0.508 e. The first-order chi connectivity index (χ1) is 11.5. The summed E-state index contributed by atoms with van der Waals surface area (Å²) in [4.78, 5) is 9.35. The molecule has 1 heterocycles. The molecule has 0 atom stereocenters. The summed E-state index contributed by atoms with van der Waals surface area (Å²) in [6, 6.07) is 5.15. The molecule has 0 bridgehead atoms. The van der Waals surface area contributed by atoms with Crippen molar-refractivity contribution >= 4 is 17.4 Å². The number of methoxy groups -OCH3 is 1. The van der Waals surface area contributed by atoms with Crippen LogP contribution in [0, 0.1) is 0 Å². The lowest BCUT2D eigenvalue weighted by Gasteiger charge is -2.19. The van der Waals surface area contributed by atoms with E-state index in [1.54, 1.807) is 19.2 Å². The van der Waals surface area contributed by atoms with Gasteiger partial charge in [-0.3, -0.25) is 0 Å². The van der Waals surface area contributed by atoms with E-state index in [4.69, 9.17) is 21.3 Å². The third-order valence-corrected chi connectivity index (χ3v) is 4.31. The lowest BCUT2D eigenvalue weighted by Crippen LogP contribution is -2.19. The summed E-state index contributed by atoms with van der Waals surface area (Å²) < 4.78 is 5.43. The molecule has 2 N–H and O–H groups in total. The molecule has 24 heavy (non-hydrogen) atoms. The molecule has 0 fully saturated rings. The molecule has 0 unspecified atom stereocenters. The average molecular weight is 350 g/mol. The van der Waals surface area contributed by atoms with Crippen molar-refractivity contribution in [1.82, 2.24) is 9.97 Å². The van der Waals surface area contributed by atoms with Crippen LogP contribution in [-0.2, 0) is 6.42 Å². The summed E-state index contributed by atoms with van der Waals surface area (Å²) in [5.74, 6) is 1.22. The van der Waals surface area contributed by atoms with Crippen LogP contribution in [0.15, 0.2) is 18.2 Å². The number of benzene rings is 1. The van der Waals surface area contributed by atoms with Gasteiger partial charge in [-0.2, -0.15) is 0 Å². The van der Waals surface area contributed by atoms with Crippen molar-refractivity contribution in [2.24, 2.45) is 0 Å². The van der Waals surface area contributed by atoms with Crippen LogP contribution in [0.2, 0.25) is 5.02 Å². The second kappa shape index (κ2) is 8.20. The summed E-state index contributed by atoms with van der Waals surface area (Å²) in [5.41, 5.74) is 2.23. The highest BCUT2D eigenvalue weighted by Gasteiger charge is 2.18. The Kier molecular flexibility index (Phi) is 6.26. The van der Waals surface area contributed by atoms with E-state index in [1.165, 1.54) is 6.07 Å². The number of nitrogens with one attached hydrogen (secondary N) is 1. The lowest BCUT2D eigenvalue weighted by molar-refractivity contribution is 0.397. The summed E-state index contributed by atoms with van der Waals surface area (Å²) in [6.07, 6.45) is 2.70. The summed E-state index contributed by atoms with van der Waals surface area (Å²) >= 11 is 6.27. The Morgan fingerprint density at radius 1 is 1.21 bits per heavy atom. The number of ether oxygens (including phenoxy) is 1. The molecule has 1 aromatic heterocycles. The molecule has 0 saturated carbocycles. The van der Waals surface area contributed by atoms with Crippen LogP contribution >= 0.6 is 11.6 Å². The van der Waals surface area contributed by atoms with E-state index in [1.807, 2.05) is 6.92 Å². The predicted molar refractivity (Wildman–Crippen MR) is 98.1 cm³/mol. The van der Waals surface area contributed by atoms with Gasteiger partial charge in [0.2, 0.25) is 0 Å². The number of aromatic nitrogens is 2. The molecule has 130 valence electrons. The van der Waals surface area contributed by atoms with E-state index in [2.05, 4.69) is 24.1 Å². The van der Waals surface area contributed by atoms with Crippen LogP contribution in [0.5, 0.6) is 11.6 Å². The van der Waals surface area contributed by atoms with Gasteiger partial charge in [-0.1, -0.05) is 32.4 Å². The summed E-state index contributed by atoms with van der Waals surface area (Å²) in [5, 5.41) is 13.4. The van der Waals surface area contributed by atoms with Crippen molar-refractivity contribution < 1.29 is 9.84 Å². The molecule has 6 heteroatoms. The fourth-order valence-electron chi connectivity index (χ4n) is 2.54. The van der Waals surface area contributed by atoms with Crippen molar-refractivity contribution in [3.63, 3.8) is 0 Å². The van der Waals surface area contributed by atoms with Gasteiger partial charge in [0.1, 0.15) is 5.75 Å². The van der Waals surface area contributed by atoms with Crippen LogP contribution in [0.4, 0.5) is 5.82 Å².